The first kappa shape index (κ1) is 11.1. The highest BCUT2D eigenvalue weighted by atomic mass is 35.5. The van der Waals surface area contributed by atoms with Crippen LogP contribution >= 0.6 is 35.0 Å². The third-order valence-electron chi connectivity index (χ3n) is 2.10. The van der Waals surface area contributed by atoms with E-state index in [0.29, 0.717) is 10.0 Å². The van der Waals surface area contributed by atoms with Gasteiger partial charge in [-0.1, -0.05) is 41.0 Å². The van der Waals surface area contributed by atoms with Crippen molar-refractivity contribution in [3.8, 4) is 0 Å². The second kappa shape index (κ2) is 4.64. The largest absolute Gasteiger partial charge is 0.333 e. The highest BCUT2D eigenvalue weighted by Crippen LogP contribution is 2.33. The van der Waals surface area contributed by atoms with Gasteiger partial charge in [0.1, 0.15) is 0 Å². The Balaban J connectivity index is 2.30. The number of nitrogens with zero attached hydrogens (tertiary/aromatic N) is 1. The first-order valence-corrected chi connectivity index (χ1v) is 6.31. The Hall–Kier alpha value is -0.380. The van der Waals surface area contributed by atoms with E-state index in [1.165, 1.54) is 0 Å². The first-order chi connectivity index (χ1) is 7.18. The van der Waals surface area contributed by atoms with Crippen molar-refractivity contribution >= 4 is 45.8 Å². The lowest BCUT2D eigenvalue weighted by atomic mass is 10.2. The van der Waals surface area contributed by atoms with Crippen molar-refractivity contribution in [2.45, 2.75) is 6.92 Å². The Morgan fingerprint density at radius 3 is 2.87 bits per heavy atom. The Morgan fingerprint density at radius 2 is 2.20 bits per heavy atom. The minimum atomic E-state index is 0.626. The van der Waals surface area contributed by atoms with Gasteiger partial charge in [-0.25, -0.2) is 0 Å². The molecule has 0 radical (unpaired) electrons. The predicted molar refractivity (Wildman–Crippen MR) is 69.6 cm³/mol. The number of hydrogen-bond donors (Lipinski definition) is 1. The highest BCUT2D eigenvalue weighted by molar-refractivity contribution is 8.14. The van der Waals surface area contributed by atoms with Crippen molar-refractivity contribution in [2.24, 2.45) is 4.99 Å². The first-order valence-electron chi connectivity index (χ1n) is 4.57. The predicted octanol–water partition coefficient (Wildman–Crippen LogP) is 3.82. The number of rotatable bonds is 1. The lowest BCUT2D eigenvalue weighted by molar-refractivity contribution is 1.17. The maximum Gasteiger partial charge on any atom is 0.161 e. The highest BCUT2D eigenvalue weighted by Gasteiger charge is 2.13. The molecule has 15 heavy (non-hydrogen) atoms. The monoisotopic (exact) mass is 260 g/mol. The number of benzene rings is 1. The van der Waals surface area contributed by atoms with E-state index in [4.69, 9.17) is 23.2 Å². The normalized spacial score (nSPS) is 15.3. The SMILES string of the molecule is Cc1ccc(Cl)c(NC2=NCCS2)c1Cl. The summed E-state index contributed by atoms with van der Waals surface area (Å²) in [4.78, 5) is 4.29. The lowest BCUT2D eigenvalue weighted by Crippen LogP contribution is -2.06. The molecule has 2 rings (SSSR count). The minimum absolute atomic E-state index is 0.626. The summed E-state index contributed by atoms with van der Waals surface area (Å²) in [6.07, 6.45) is 0. The topological polar surface area (TPSA) is 24.4 Å². The molecule has 0 atom stereocenters. The fourth-order valence-corrected chi connectivity index (χ4v) is 2.49. The van der Waals surface area contributed by atoms with Crippen LogP contribution in [0.15, 0.2) is 17.1 Å². The number of aliphatic imine (C=N–C) groups is 1. The van der Waals surface area contributed by atoms with Crippen molar-refractivity contribution in [3.05, 3.63) is 27.7 Å². The van der Waals surface area contributed by atoms with Gasteiger partial charge in [0.25, 0.3) is 0 Å². The summed E-state index contributed by atoms with van der Waals surface area (Å²) in [5, 5.41) is 5.35. The third kappa shape index (κ3) is 2.41. The average molecular weight is 261 g/mol. The second-order valence-corrected chi connectivity index (χ2v) is 5.08. The van der Waals surface area contributed by atoms with Gasteiger partial charge >= 0.3 is 0 Å². The van der Waals surface area contributed by atoms with Crippen LogP contribution in [0.25, 0.3) is 0 Å². The van der Waals surface area contributed by atoms with Crippen LogP contribution in [0, 0.1) is 6.92 Å². The fourth-order valence-electron chi connectivity index (χ4n) is 1.29. The van der Waals surface area contributed by atoms with Crippen molar-refractivity contribution in [3.63, 3.8) is 0 Å². The molecular formula is C10H10Cl2N2S. The average Bonchev–Trinajstić information content (AvgIpc) is 2.71. The molecule has 80 valence electrons. The molecule has 0 saturated carbocycles. The molecule has 0 amide bonds. The van der Waals surface area contributed by atoms with Gasteiger partial charge in [-0.15, -0.1) is 0 Å². The molecule has 0 saturated heterocycles. The van der Waals surface area contributed by atoms with Gasteiger partial charge in [0, 0.05) is 5.75 Å². The van der Waals surface area contributed by atoms with E-state index >= 15 is 0 Å². The van der Waals surface area contributed by atoms with Crippen molar-refractivity contribution in [1.29, 1.82) is 0 Å². The summed E-state index contributed by atoms with van der Waals surface area (Å²) < 4.78 is 0. The van der Waals surface area contributed by atoms with E-state index < -0.39 is 0 Å². The number of halogens is 2. The zero-order chi connectivity index (χ0) is 10.8. The molecule has 0 bridgehead atoms. The lowest BCUT2D eigenvalue weighted by Gasteiger charge is -2.11. The third-order valence-corrected chi connectivity index (χ3v) is 3.79. The van der Waals surface area contributed by atoms with Crippen molar-refractivity contribution in [2.75, 3.05) is 17.6 Å². The molecule has 0 unspecified atom stereocenters. The summed E-state index contributed by atoms with van der Waals surface area (Å²) in [7, 11) is 0. The molecule has 0 aliphatic carbocycles. The van der Waals surface area contributed by atoms with Crippen LogP contribution < -0.4 is 5.32 Å². The van der Waals surface area contributed by atoms with Crippen LogP contribution in [-0.4, -0.2) is 17.5 Å². The molecule has 5 heteroatoms. The van der Waals surface area contributed by atoms with Crippen LogP contribution in [0.5, 0.6) is 0 Å². The van der Waals surface area contributed by atoms with Crippen LogP contribution in [0.4, 0.5) is 5.69 Å². The second-order valence-electron chi connectivity index (χ2n) is 3.21. The van der Waals surface area contributed by atoms with Gasteiger partial charge in [0.15, 0.2) is 5.17 Å². The van der Waals surface area contributed by atoms with E-state index in [1.54, 1.807) is 11.8 Å². The smallest absolute Gasteiger partial charge is 0.161 e. The van der Waals surface area contributed by atoms with E-state index in [0.717, 1.165) is 28.7 Å². The Labute approximate surface area is 103 Å². The number of hydrogen-bond acceptors (Lipinski definition) is 3. The van der Waals surface area contributed by atoms with Crippen molar-refractivity contribution < 1.29 is 0 Å². The van der Waals surface area contributed by atoms with E-state index in [9.17, 15) is 0 Å². The molecule has 0 aromatic heterocycles. The van der Waals surface area contributed by atoms with Gasteiger partial charge in [0.2, 0.25) is 0 Å². The molecule has 1 heterocycles. The van der Waals surface area contributed by atoms with Crippen LogP contribution in [0.3, 0.4) is 0 Å². The summed E-state index contributed by atoms with van der Waals surface area (Å²) >= 11 is 13.9. The molecule has 1 N–H and O–H groups in total. The standard InChI is InChI=1S/C10H10Cl2N2S/c1-6-2-3-7(11)9(8(6)12)14-10-13-4-5-15-10/h2-3H,4-5H2,1H3,(H,13,14). The van der Waals surface area contributed by atoms with Crippen LogP contribution in [0.1, 0.15) is 5.56 Å². The van der Waals surface area contributed by atoms with Gasteiger partial charge in [-0.05, 0) is 18.6 Å². The molecule has 1 aromatic carbocycles. The van der Waals surface area contributed by atoms with Gasteiger partial charge < -0.3 is 5.32 Å². The number of aryl methyl sites for hydroxylation is 1. The van der Waals surface area contributed by atoms with Crippen LogP contribution in [0.2, 0.25) is 10.0 Å². The Morgan fingerprint density at radius 1 is 1.40 bits per heavy atom. The van der Waals surface area contributed by atoms with E-state index in [2.05, 4.69) is 10.3 Å². The van der Waals surface area contributed by atoms with E-state index in [-0.39, 0.29) is 0 Å². The number of anilines is 1. The summed E-state index contributed by atoms with van der Waals surface area (Å²) in [6.45, 7) is 2.81. The summed E-state index contributed by atoms with van der Waals surface area (Å²) in [5.74, 6) is 1.02. The molecular weight excluding hydrogens is 251 g/mol. The van der Waals surface area contributed by atoms with Crippen LogP contribution in [-0.2, 0) is 0 Å². The van der Waals surface area contributed by atoms with Gasteiger partial charge in [-0.2, -0.15) is 0 Å². The maximum absolute atomic E-state index is 6.17. The van der Waals surface area contributed by atoms with E-state index in [1.807, 2.05) is 19.1 Å². The zero-order valence-corrected chi connectivity index (χ0v) is 10.5. The maximum atomic E-state index is 6.17. The number of amidine groups is 1. The molecule has 2 nitrogen and oxygen atoms in total. The number of nitrogens with one attached hydrogen (secondary N) is 1. The Bertz CT molecular complexity index is 418. The fraction of sp³-hybridized carbons (Fsp3) is 0.300. The van der Waals surface area contributed by atoms with Crippen molar-refractivity contribution in [1.82, 2.24) is 0 Å². The Kier molecular flexibility index (Phi) is 3.44. The summed E-state index contributed by atoms with van der Waals surface area (Å²) in [5.41, 5.74) is 1.76. The molecule has 0 spiro atoms. The molecule has 0 fully saturated rings. The summed E-state index contributed by atoms with van der Waals surface area (Å²) in [6, 6.07) is 3.74. The zero-order valence-electron chi connectivity index (χ0n) is 8.18. The molecule has 1 aliphatic rings. The quantitative estimate of drug-likeness (QED) is 0.831. The van der Waals surface area contributed by atoms with Gasteiger partial charge in [0.05, 0.1) is 22.3 Å². The van der Waals surface area contributed by atoms with Gasteiger partial charge in [-0.3, -0.25) is 4.99 Å². The molecule has 1 aliphatic heterocycles. The minimum Gasteiger partial charge on any atom is -0.333 e. The number of thioether (sulfide) groups is 1. The molecule has 1 aromatic rings.